The molecule has 0 aliphatic heterocycles. The lowest BCUT2D eigenvalue weighted by Gasteiger charge is -2.00. The highest BCUT2D eigenvalue weighted by molar-refractivity contribution is 14.1. The van der Waals surface area contributed by atoms with Crippen LogP contribution in [0.3, 0.4) is 0 Å². The lowest BCUT2D eigenvalue weighted by Crippen LogP contribution is -1.96. The monoisotopic (exact) mass is 288 g/mol. The van der Waals surface area contributed by atoms with Gasteiger partial charge in [-0.15, -0.1) is 0 Å². The van der Waals surface area contributed by atoms with Gasteiger partial charge in [0.2, 0.25) is 0 Å². The number of aromatic nitrogens is 4. The number of hydrogen-bond donors (Lipinski definition) is 1. The van der Waals surface area contributed by atoms with Crippen LogP contribution in [-0.2, 0) is 0 Å². The Morgan fingerprint density at radius 2 is 2.23 bits per heavy atom. The summed E-state index contributed by atoms with van der Waals surface area (Å²) < 4.78 is 0.989. The molecule has 2 heterocycles. The van der Waals surface area contributed by atoms with Crippen LogP contribution in [0, 0.1) is 3.70 Å². The minimum absolute atomic E-state index is 0.346. The number of aromatic amines is 1. The molecule has 0 aliphatic rings. The van der Waals surface area contributed by atoms with Crippen LogP contribution in [0.25, 0.3) is 11.0 Å². The van der Waals surface area contributed by atoms with E-state index in [4.69, 9.17) is 0 Å². The molecule has 0 aliphatic carbocycles. The van der Waals surface area contributed by atoms with Gasteiger partial charge in [0.25, 0.3) is 0 Å². The first kappa shape index (κ1) is 8.86. The second-order valence-electron chi connectivity index (χ2n) is 3.16. The van der Waals surface area contributed by atoms with Crippen molar-refractivity contribution in [1.82, 2.24) is 20.2 Å². The average Bonchev–Trinajstić information content (AvgIpc) is 2.47. The van der Waals surface area contributed by atoms with Gasteiger partial charge in [-0.3, -0.25) is 5.10 Å². The molecule has 2 aromatic rings. The van der Waals surface area contributed by atoms with E-state index in [1.807, 2.05) is 6.20 Å². The molecule has 0 aromatic carbocycles. The third-order valence-corrected chi connectivity index (χ3v) is 2.62. The van der Waals surface area contributed by atoms with Gasteiger partial charge in [-0.25, -0.2) is 9.97 Å². The Kier molecular flexibility index (Phi) is 2.19. The maximum Gasteiger partial charge on any atom is 0.185 e. The molecule has 2 aromatic heterocycles. The van der Waals surface area contributed by atoms with E-state index in [2.05, 4.69) is 56.6 Å². The molecule has 0 spiro atoms. The standard InChI is InChI=1S/C8H9IN4/c1-4(2)7-10-3-5-6(9)12-13-8(5)11-7/h3-4H,1-2H3,(H,10,11,12,13). The first-order valence-electron chi connectivity index (χ1n) is 4.05. The quantitative estimate of drug-likeness (QED) is 0.817. The van der Waals surface area contributed by atoms with E-state index in [1.54, 1.807) is 0 Å². The van der Waals surface area contributed by atoms with Gasteiger partial charge in [-0.05, 0) is 22.6 Å². The van der Waals surface area contributed by atoms with Gasteiger partial charge in [0, 0.05) is 12.1 Å². The maximum atomic E-state index is 4.34. The SMILES string of the molecule is CC(C)c1ncc2c(I)[nH]nc2n1. The number of halogens is 1. The summed E-state index contributed by atoms with van der Waals surface area (Å²) in [5.41, 5.74) is 0.753. The molecular weight excluding hydrogens is 279 g/mol. The van der Waals surface area contributed by atoms with Crippen molar-refractivity contribution in [3.63, 3.8) is 0 Å². The maximum absolute atomic E-state index is 4.34. The lowest BCUT2D eigenvalue weighted by molar-refractivity contribution is 0.780. The summed E-state index contributed by atoms with van der Waals surface area (Å²) in [7, 11) is 0. The van der Waals surface area contributed by atoms with Crippen molar-refractivity contribution in [3.05, 3.63) is 15.7 Å². The fourth-order valence-corrected chi connectivity index (χ4v) is 1.57. The first-order valence-corrected chi connectivity index (χ1v) is 5.13. The molecular formula is C8H9IN4. The van der Waals surface area contributed by atoms with Gasteiger partial charge in [-0.1, -0.05) is 13.8 Å². The van der Waals surface area contributed by atoms with Crippen molar-refractivity contribution in [1.29, 1.82) is 0 Å². The van der Waals surface area contributed by atoms with Crippen molar-refractivity contribution in [2.45, 2.75) is 19.8 Å². The summed E-state index contributed by atoms with van der Waals surface area (Å²) in [6.07, 6.45) is 1.82. The minimum Gasteiger partial charge on any atom is -0.269 e. The molecule has 13 heavy (non-hydrogen) atoms. The zero-order valence-electron chi connectivity index (χ0n) is 7.37. The van der Waals surface area contributed by atoms with Gasteiger partial charge >= 0.3 is 0 Å². The van der Waals surface area contributed by atoms with Crippen molar-refractivity contribution < 1.29 is 0 Å². The van der Waals surface area contributed by atoms with Crippen LogP contribution in [0.2, 0.25) is 0 Å². The molecule has 68 valence electrons. The highest BCUT2D eigenvalue weighted by Gasteiger charge is 2.07. The molecule has 0 unspecified atom stereocenters. The second-order valence-corrected chi connectivity index (χ2v) is 4.24. The predicted octanol–water partition coefficient (Wildman–Crippen LogP) is 2.08. The van der Waals surface area contributed by atoms with Crippen LogP contribution < -0.4 is 0 Å². The number of hydrogen-bond acceptors (Lipinski definition) is 3. The summed E-state index contributed by atoms with van der Waals surface area (Å²) in [4.78, 5) is 8.60. The van der Waals surface area contributed by atoms with E-state index in [0.29, 0.717) is 5.92 Å². The summed E-state index contributed by atoms with van der Waals surface area (Å²) in [5, 5.41) is 7.95. The highest BCUT2D eigenvalue weighted by Crippen LogP contribution is 2.17. The third-order valence-electron chi connectivity index (χ3n) is 1.80. The molecule has 2 rings (SSSR count). The molecule has 4 nitrogen and oxygen atoms in total. The Bertz CT molecular complexity index is 435. The Labute approximate surface area is 89.3 Å². The largest absolute Gasteiger partial charge is 0.269 e. The Morgan fingerprint density at radius 1 is 1.46 bits per heavy atom. The third kappa shape index (κ3) is 1.52. The second kappa shape index (κ2) is 3.21. The van der Waals surface area contributed by atoms with Gasteiger partial charge in [0.1, 0.15) is 9.53 Å². The molecule has 1 N–H and O–H groups in total. The molecule has 0 saturated heterocycles. The van der Waals surface area contributed by atoms with Crippen LogP contribution in [-0.4, -0.2) is 20.2 Å². The fraction of sp³-hybridized carbons (Fsp3) is 0.375. The summed E-state index contributed by atoms with van der Waals surface area (Å²) in [5.74, 6) is 1.19. The van der Waals surface area contributed by atoms with Crippen molar-refractivity contribution in [3.8, 4) is 0 Å². The summed E-state index contributed by atoms with van der Waals surface area (Å²) >= 11 is 2.18. The Balaban J connectivity index is 2.63. The average molecular weight is 288 g/mol. The van der Waals surface area contributed by atoms with Crippen molar-refractivity contribution in [2.75, 3.05) is 0 Å². The molecule has 5 heteroatoms. The number of H-pyrrole nitrogens is 1. The lowest BCUT2D eigenvalue weighted by atomic mass is 10.2. The Morgan fingerprint density at radius 3 is 2.92 bits per heavy atom. The zero-order valence-corrected chi connectivity index (χ0v) is 9.53. The Hall–Kier alpha value is -0.720. The normalized spacial score (nSPS) is 11.4. The van der Waals surface area contributed by atoms with Crippen LogP contribution in [0.15, 0.2) is 6.20 Å². The molecule has 0 amide bonds. The van der Waals surface area contributed by atoms with Gasteiger partial charge in [0.05, 0.1) is 5.39 Å². The van der Waals surface area contributed by atoms with Crippen LogP contribution >= 0.6 is 22.6 Å². The molecule has 0 radical (unpaired) electrons. The molecule has 0 saturated carbocycles. The first-order chi connectivity index (χ1) is 6.18. The minimum atomic E-state index is 0.346. The fourth-order valence-electron chi connectivity index (χ4n) is 1.07. The van der Waals surface area contributed by atoms with E-state index in [9.17, 15) is 0 Å². The molecule has 0 fully saturated rings. The number of nitrogens with zero attached hydrogens (tertiary/aromatic N) is 3. The topological polar surface area (TPSA) is 54.5 Å². The van der Waals surface area contributed by atoms with Crippen molar-refractivity contribution >= 4 is 33.6 Å². The smallest absolute Gasteiger partial charge is 0.185 e. The van der Waals surface area contributed by atoms with E-state index in [-0.39, 0.29) is 0 Å². The summed E-state index contributed by atoms with van der Waals surface area (Å²) in [6, 6.07) is 0. The summed E-state index contributed by atoms with van der Waals surface area (Å²) in [6.45, 7) is 4.14. The zero-order chi connectivity index (χ0) is 9.42. The predicted molar refractivity (Wildman–Crippen MR) is 58.5 cm³/mol. The number of nitrogens with one attached hydrogen (secondary N) is 1. The van der Waals surface area contributed by atoms with Gasteiger partial charge in [0.15, 0.2) is 5.65 Å². The highest BCUT2D eigenvalue weighted by atomic mass is 127. The van der Waals surface area contributed by atoms with E-state index in [1.165, 1.54) is 0 Å². The van der Waals surface area contributed by atoms with Crippen molar-refractivity contribution in [2.24, 2.45) is 0 Å². The van der Waals surface area contributed by atoms with E-state index < -0.39 is 0 Å². The molecule has 0 atom stereocenters. The van der Waals surface area contributed by atoms with E-state index in [0.717, 1.165) is 20.6 Å². The van der Waals surface area contributed by atoms with E-state index >= 15 is 0 Å². The van der Waals surface area contributed by atoms with Crippen LogP contribution in [0.1, 0.15) is 25.6 Å². The number of rotatable bonds is 1. The number of fused-ring (bicyclic) bond motifs is 1. The van der Waals surface area contributed by atoms with Gasteiger partial charge < -0.3 is 0 Å². The van der Waals surface area contributed by atoms with Gasteiger partial charge in [-0.2, -0.15) is 5.10 Å². The molecule has 0 bridgehead atoms. The van der Waals surface area contributed by atoms with Crippen LogP contribution in [0.5, 0.6) is 0 Å². The van der Waals surface area contributed by atoms with Crippen LogP contribution in [0.4, 0.5) is 0 Å².